The van der Waals surface area contributed by atoms with Gasteiger partial charge in [0.15, 0.2) is 0 Å². The van der Waals surface area contributed by atoms with Crippen LogP contribution < -0.4 is 0 Å². The molecular formula is C16H23F3N2O3. The summed E-state index contributed by atoms with van der Waals surface area (Å²) >= 11 is 0. The Kier molecular flexibility index (Phi) is 3.80. The van der Waals surface area contributed by atoms with Gasteiger partial charge >= 0.3 is 18.2 Å². The van der Waals surface area contributed by atoms with E-state index in [-0.39, 0.29) is 23.6 Å². The molecule has 0 aromatic heterocycles. The van der Waals surface area contributed by atoms with E-state index in [4.69, 9.17) is 4.74 Å². The lowest BCUT2D eigenvalue weighted by molar-refractivity contribution is -0.196. The number of amides is 2. The molecule has 8 heteroatoms. The van der Waals surface area contributed by atoms with Crippen LogP contribution in [0.3, 0.4) is 0 Å². The van der Waals surface area contributed by atoms with Crippen molar-refractivity contribution < 1.29 is 27.5 Å². The highest BCUT2D eigenvalue weighted by Crippen LogP contribution is 2.52. The second-order valence-electron chi connectivity index (χ2n) is 8.34. The normalized spacial score (nSPS) is 23.5. The summed E-state index contributed by atoms with van der Waals surface area (Å²) in [6, 6.07) is -0.615. The Morgan fingerprint density at radius 1 is 1.08 bits per heavy atom. The summed E-state index contributed by atoms with van der Waals surface area (Å²) in [5, 5.41) is 0. The van der Waals surface area contributed by atoms with Crippen molar-refractivity contribution in [3.8, 4) is 0 Å². The first kappa shape index (κ1) is 17.4. The third-order valence-electron chi connectivity index (χ3n) is 4.85. The molecule has 5 nitrogen and oxygen atoms in total. The average molecular weight is 348 g/mol. The third kappa shape index (κ3) is 3.32. The molecule has 1 saturated heterocycles. The molecule has 136 valence electrons. The molecule has 1 heterocycles. The van der Waals surface area contributed by atoms with Gasteiger partial charge in [0.25, 0.3) is 0 Å². The lowest BCUT2D eigenvalue weighted by atomic mass is 9.60. The Balaban J connectivity index is 1.52. The first-order valence-corrected chi connectivity index (χ1v) is 8.28. The van der Waals surface area contributed by atoms with Crippen LogP contribution in [0.1, 0.15) is 46.5 Å². The van der Waals surface area contributed by atoms with E-state index in [9.17, 15) is 22.8 Å². The minimum absolute atomic E-state index is 0.138. The van der Waals surface area contributed by atoms with E-state index in [0.29, 0.717) is 38.8 Å². The molecule has 2 saturated carbocycles. The number of hydrogen-bond donors (Lipinski definition) is 0. The van der Waals surface area contributed by atoms with E-state index in [0.717, 1.165) is 4.90 Å². The number of carbonyl (C=O) groups excluding carboxylic acids is 2. The second-order valence-corrected chi connectivity index (χ2v) is 8.34. The lowest BCUT2D eigenvalue weighted by Crippen LogP contribution is -2.69. The smallest absolute Gasteiger partial charge is 0.444 e. The van der Waals surface area contributed by atoms with Crippen LogP contribution in [0.2, 0.25) is 0 Å². The Morgan fingerprint density at radius 3 is 2.04 bits per heavy atom. The van der Waals surface area contributed by atoms with Crippen LogP contribution in [-0.2, 0) is 9.53 Å². The Bertz CT molecular complexity index is 538. The summed E-state index contributed by atoms with van der Waals surface area (Å²) in [6.45, 7) is 6.36. The molecule has 0 aromatic rings. The maximum atomic E-state index is 12.8. The van der Waals surface area contributed by atoms with Gasteiger partial charge in [-0.1, -0.05) is 0 Å². The molecule has 0 unspecified atom stereocenters. The Hall–Kier alpha value is -1.47. The fourth-order valence-corrected chi connectivity index (χ4v) is 3.74. The zero-order chi connectivity index (χ0) is 17.9. The number of ether oxygens (including phenoxy) is 1. The van der Waals surface area contributed by atoms with Gasteiger partial charge in [-0.2, -0.15) is 13.2 Å². The van der Waals surface area contributed by atoms with Crippen LogP contribution in [0.5, 0.6) is 0 Å². The molecular weight excluding hydrogens is 325 g/mol. The van der Waals surface area contributed by atoms with Crippen molar-refractivity contribution in [3.05, 3.63) is 0 Å². The summed E-state index contributed by atoms with van der Waals surface area (Å²) in [5.41, 5.74) is -0.704. The Labute approximate surface area is 139 Å². The maximum absolute atomic E-state index is 12.8. The van der Waals surface area contributed by atoms with Gasteiger partial charge in [-0.15, -0.1) is 0 Å². The van der Waals surface area contributed by atoms with Crippen LogP contribution in [0, 0.1) is 5.41 Å². The molecule has 1 spiro atoms. The van der Waals surface area contributed by atoms with Gasteiger partial charge in [0.1, 0.15) is 5.60 Å². The van der Waals surface area contributed by atoms with Crippen LogP contribution in [0.25, 0.3) is 0 Å². The predicted molar refractivity (Wildman–Crippen MR) is 79.2 cm³/mol. The van der Waals surface area contributed by atoms with Crippen LogP contribution in [-0.4, -0.2) is 58.8 Å². The molecule has 0 bridgehead atoms. The van der Waals surface area contributed by atoms with Gasteiger partial charge in [-0.3, -0.25) is 4.79 Å². The zero-order valence-electron chi connectivity index (χ0n) is 14.2. The number of hydrogen-bond acceptors (Lipinski definition) is 3. The highest BCUT2D eigenvalue weighted by molar-refractivity contribution is 5.83. The van der Waals surface area contributed by atoms with Gasteiger partial charge in [0.05, 0.1) is 0 Å². The molecule has 3 aliphatic rings. The van der Waals surface area contributed by atoms with Crippen LogP contribution in [0.15, 0.2) is 0 Å². The number of rotatable bonds is 2. The monoisotopic (exact) mass is 348 g/mol. The molecule has 3 rings (SSSR count). The van der Waals surface area contributed by atoms with Crippen molar-refractivity contribution in [2.24, 2.45) is 5.41 Å². The first-order valence-electron chi connectivity index (χ1n) is 8.28. The van der Waals surface area contributed by atoms with E-state index in [2.05, 4.69) is 0 Å². The van der Waals surface area contributed by atoms with E-state index in [1.807, 2.05) is 0 Å². The number of alkyl halides is 3. The number of halogens is 3. The fraction of sp³-hybridized carbons (Fsp3) is 0.875. The Morgan fingerprint density at radius 2 is 1.62 bits per heavy atom. The third-order valence-corrected chi connectivity index (χ3v) is 4.85. The first-order chi connectivity index (χ1) is 10.9. The molecule has 24 heavy (non-hydrogen) atoms. The van der Waals surface area contributed by atoms with Gasteiger partial charge in [0, 0.05) is 30.6 Å². The molecule has 2 amide bonds. The van der Waals surface area contributed by atoms with E-state index in [1.165, 1.54) is 0 Å². The van der Waals surface area contributed by atoms with E-state index < -0.39 is 17.7 Å². The van der Waals surface area contributed by atoms with Gasteiger partial charge < -0.3 is 14.5 Å². The lowest BCUT2D eigenvalue weighted by Gasteiger charge is -2.60. The number of likely N-dealkylation sites (tertiary alicyclic amines) is 1. The molecule has 0 atom stereocenters. The van der Waals surface area contributed by atoms with Crippen LogP contribution in [0.4, 0.5) is 18.0 Å². The standard InChI is InChI=1S/C16H23F3N2O3/c1-14(2,3)24-13(23)20-8-15(9-20)6-11(7-15)21(10-4-5-10)12(22)16(17,18)19/h10-11H,4-9H2,1-3H3. The molecule has 0 radical (unpaired) electrons. The summed E-state index contributed by atoms with van der Waals surface area (Å²) in [4.78, 5) is 26.2. The van der Waals surface area contributed by atoms with Crippen molar-refractivity contribution in [2.45, 2.75) is 70.3 Å². The van der Waals surface area contributed by atoms with Crippen molar-refractivity contribution >= 4 is 12.0 Å². The van der Waals surface area contributed by atoms with Crippen molar-refractivity contribution in [3.63, 3.8) is 0 Å². The van der Waals surface area contributed by atoms with Gasteiger partial charge in [-0.25, -0.2) is 4.79 Å². The average Bonchev–Trinajstić information content (AvgIpc) is 3.09. The summed E-state index contributed by atoms with van der Waals surface area (Å²) in [5.74, 6) is -1.71. The number of carbonyl (C=O) groups is 2. The van der Waals surface area contributed by atoms with Crippen molar-refractivity contribution in [1.82, 2.24) is 9.80 Å². The van der Waals surface area contributed by atoms with Gasteiger partial charge in [-0.05, 0) is 46.5 Å². The minimum atomic E-state index is -4.81. The van der Waals surface area contributed by atoms with Gasteiger partial charge in [0.2, 0.25) is 0 Å². The highest BCUT2D eigenvalue weighted by atomic mass is 19.4. The maximum Gasteiger partial charge on any atom is 0.471 e. The zero-order valence-corrected chi connectivity index (χ0v) is 14.2. The quantitative estimate of drug-likeness (QED) is 0.771. The topological polar surface area (TPSA) is 49.9 Å². The summed E-state index contributed by atoms with van der Waals surface area (Å²) in [6.07, 6.45) is -2.84. The predicted octanol–water partition coefficient (Wildman–Crippen LogP) is 2.94. The molecule has 1 aliphatic heterocycles. The van der Waals surface area contributed by atoms with E-state index in [1.54, 1.807) is 25.7 Å². The summed E-state index contributed by atoms with van der Waals surface area (Å²) in [7, 11) is 0. The highest BCUT2D eigenvalue weighted by Gasteiger charge is 2.60. The van der Waals surface area contributed by atoms with E-state index >= 15 is 0 Å². The molecule has 2 aliphatic carbocycles. The number of nitrogens with zero attached hydrogens (tertiary/aromatic N) is 2. The molecule has 0 aromatic carbocycles. The fourth-order valence-electron chi connectivity index (χ4n) is 3.74. The van der Waals surface area contributed by atoms with Crippen LogP contribution >= 0.6 is 0 Å². The molecule has 0 N–H and O–H groups in total. The summed E-state index contributed by atoms with van der Waals surface area (Å²) < 4.78 is 43.6. The molecule has 3 fully saturated rings. The largest absolute Gasteiger partial charge is 0.471 e. The SMILES string of the molecule is CC(C)(C)OC(=O)N1CC2(CC(N(C(=O)C(F)(F)F)C3CC3)C2)C1. The minimum Gasteiger partial charge on any atom is -0.444 e. The van der Waals surface area contributed by atoms with Crippen molar-refractivity contribution in [2.75, 3.05) is 13.1 Å². The second kappa shape index (κ2) is 5.26. The van der Waals surface area contributed by atoms with Crippen molar-refractivity contribution in [1.29, 1.82) is 0 Å².